The lowest BCUT2D eigenvalue weighted by Crippen LogP contribution is -2.32. The van der Waals surface area contributed by atoms with Crippen molar-refractivity contribution in [2.45, 2.75) is 38.5 Å². The molecule has 118 valence electrons. The summed E-state index contributed by atoms with van der Waals surface area (Å²) in [5.41, 5.74) is 0.951. The number of benzene rings is 1. The maximum absolute atomic E-state index is 12.1. The fourth-order valence-electron chi connectivity index (χ4n) is 3.58. The molecule has 0 aromatic heterocycles. The summed E-state index contributed by atoms with van der Waals surface area (Å²) < 4.78 is 0. The lowest BCUT2D eigenvalue weighted by Gasteiger charge is -2.17. The van der Waals surface area contributed by atoms with E-state index in [4.69, 9.17) is 0 Å². The molecule has 2 aliphatic rings. The molecule has 4 heteroatoms. The van der Waals surface area contributed by atoms with Gasteiger partial charge in [0.25, 0.3) is 0 Å². The Hall–Kier alpha value is -1.84. The van der Waals surface area contributed by atoms with E-state index < -0.39 is 0 Å². The van der Waals surface area contributed by atoms with E-state index in [1.54, 1.807) is 0 Å². The number of para-hydroxylation sites is 1. The molecule has 1 atom stereocenters. The molecule has 1 saturated carbocycles. The van der Waals surface area contributed by atoms with Crippen LogP contribution in [0.3, 0.4) is 0 Å². The van der Waals surface area contributed by atoms with Crippen LogP contribution in [0.25, 0.3) is 0 Å². The molecular formula is C18H24N2O2. The van der Waals surface area contributed by atoms with E-state index in [-0.39, 0.29) is 17.7 Å². The summed E-state index contributed by atoms with van der Waals surface area (Å²) >= 11 is 0. The zero-order valence-electron chi connectivity index (χ0n) is 13.0. The highest BCUT2D eigenvalue weighted by Gasteiger charge is 2.30. The summed E-state index contributed by atoms with van der Waals surface area (Å²) in [7, 11) is 0. The number of nitrogens with zero attached hydrogens (tertiary/aromatic N) is 1. The number of amides is 2. The molecule has 0 radical (unpaired) electrons. The number of anilines is 1. The molecule has 2 fully saturated rings. The average Bonchev–Trinajstić information content (AvgIpc) is 3.16. The maximum Gasteiger partial charge on any atom is 0.227 e. The number of nitrogens with one attached hydrogen (secondary N) is 1. The van der Waals surface area contributed by atoms with Gasteiger partial charge in [0.1, 0.15) is 0 Å². The van der Waals surface area contributed by atoms with Crippen molar-refractivity contribution in [3.63, 3.8) is 0 Å². The summed E-state index contributed by atoms with van der Waals surface area (Å²) in [6, 6.07) is 9.75. The first-order valence-electron chi connectivity index (χ1n) is 8.34. The van der Waals surface area contributed by atoms with Crippen LogP contribution in [-0.2, 0) is 9.59 Å². The van der Waals surface area contributed by atoms with Gasteiger partial charge in [0.2, 0.25) is 11.8 Å². The van der Waals surface area contributed by atoms with Gasteiger partial charge in [-0.3, -0.25) is 9.59 Å². The van der Waals surface area contributed by atoms with E-state index in [0.717, 1.165) is 5.69 Å². The largest absolute Gasteiger partial charge is 0.356 e. The number of carbonyl (C=O) groups is 2. The smallest absolute Gasteiger partial charge is 0.227 e. The summed E-state index contributed by atoms with van der Waals surface area (Å²) in [6.45, 7) is 1.31. The molecule has 3 rings (SSSR count). The van der Waals surface area contributed by atoms with Gasteiger partial charge >= 0.3 is 0 Å². The first-order valence-corrected chi connectivity index (χ1v) is 8.34. The Bertz CT molecular complexity index is 523. The van der Waals surface area contributed by atoms with Gasteiger partial charge < -0.3 is 10.2 Å². The van der Waals surface area contributed by atoms with Crippen molar-refractivity contribution in [1.82, 2.24) is 5.32 Å². The van der Waals surface area contributed by atoms with Crippen molar-refractivity contribution in [1.29, 1.82) is 0 Å². The molecule has 0 bridgehead atoms. The minimum absolute atomic E-state index is 0.150. The van der Waals surface area contributed by atoms with Crippen LogP contribution in [0.1, 0.15) is 38.5 Å². The number of rotatable bonds is 5. The zero-order chi connectivity index (χ0) is 15.4. The van der Waals surface area contributed by atoms with Crippen molar-refractivity contribution < 1.29 is 9.59 Å². The van der Waals surface area contributed by atoms with Crippen LogP contribution < -0.4 is 10.2 Å². The molecule has 2 amide bonds. The molecule has 4 nitrogen and oxygen atoms in total. The van der Waals surface area contributed by atoms with Crippen LogP contribution in [0.4, 0.5) is 5.69 Å². The standard InChI is InChI=1S/C18H24N2O2/c21-17(10-14-6-4-5-7-14)19-12-15-11-18(22)20(13-15)16-8-2-1-3-9-16/h1-3,8-9,14-15H,4-7,10-13H2,(H,19,21)/t15-/m0/s1. The second-order valence-corrected chi connectivity index (χ2v) is 6.57. The Kier molecular flexibility index (Phi) is 4.76. The van der Waals surface area contributed by atoms with E-state index in [0.29, 0.717) is 31.8 Å². The Morgan fingerprint density at radius 1 is 1.14 bits per heavy atom. The van der Waals surface area contributed by atoms with Gasteiger partial charge in [-0.25, -0.2) is 0 Å². The van der Waals surface area contributed by atoms with Crippen LogP contribution in [0.2, 0.25) is 0 Å². The Balaban J connectivity index is 1.46. The topological polar surface area (TPSA) is 49.4 Å². The SMILES string of the molecule is O=C(CC1CCCC1)NC[C@@H]1CC(=O)N(c2ccccc2)C1. The Labute approximate surface area is 131 Å². The minimum atomic E-state index is 0.150. The third-order valence-corrected chi connectivity index (χ3v) is 4.81. The lowest BCUT2D eigenvalue weighted by molar-refractivity contribution is -0.122. The third-order valence-electron chi connectivity index (χ3n) is 4.81. The molecule has 0 spiro atoms. The highest BCUT2D eigenvalue weighted by Crippen LogP contribution is 2.27. The molecule has 0 unspecified atom stereocenters. The van der Waals surface area contributed by atoms with Crippen molar-refractivity contribution >= 4 is 17.5 Å². The monoisotopic (exact) mass is 300 g/mol. The van der Waals surface area contributed by atoms with Gasteiger partial charge in [-0.05, 0) is 30.9 Å². The van der Waals surface area contributed by atoms with E-state index in [2.05, 4.69) is 5.32 Å². The second-order valence-electron chi connectivity index (χ2n) is 6.57. The van der Waals surface area contributed by atoms with E-state index in [1.807, 2.05) is 35.2 Å². The lowest BCUT2D eigenvalue weighted by atomic mass is 10.0. The molecular weight excluding hydrogens is 276 g/mol. The first kappa shape index (κ1) is 15.1. The highest BCUT2D eigenvalue weighted by molar-refractivity contribution is 5.95. The van der Waals surface area contributed by atoms with Gasteiger partial charge in [0.15, 0.2) is 0 Å². The van der Waals surface area contributed by atoms with Crippen molar-refractivity contribution in [2.75, 3.05) is 18.0 Å². The Morgan fingerprint density at radius 3 is 2.59 bits per heavy atom. The molecule has 22 heavy (non-hydrogen) atoms. The third kappa shape index (κ3) is 3.67. The predicted molar refractivity (Wildman–Crippen MR) is 86.5 cm³/mol. The Morgan fingerprint density at radius 2 is 1.86 bits per heavy atom. The molecule has 1 N–H and O–H groups in total. The number of carbonyl (C=O) groups excluding carboxylic acids is 2. The maximum atomic E-state index is 12.1. The quantitative estimate of drug-likeness (QED) is 0.909. The molecule has 1 heterocycles. The van der Waals surface area contributed by atoms with Crippen LogP contribution in [0, 0.1) is 11.8 Å². The van der Waals surface area contributed by atoms with Gasteiger partial charge in [-0.15, -0.1) is 0 Å². The molecule has 1 saturated heterocycles. The van der Waals surface area contributed by atoms with Crippen molar-refractivity contribution in [2.24, 2.45) is 11.8 Å². The van der Waals surface area contributed by atoms with Gasteiger partial charge in [0.05, 0.1) is 0 Å². The highest BCUT2D eigenvalue weighted by atomic mass is 16.2. The predicted octanol–water partition coefficient (Wildman–Crippen LogP) is 2.74. The summed E-state index contributed by atoms with van der Waals surface area (Å²) in [6.07, 6.45) is 6.10. The van der Waals surface area contributed by atoms with Gasteiger partial charge in [-0.2, -0.15) is 0 Å². The molecule has 1 aliphatic heterocycles. The molecule has 1 aromatic rings. The van der Waals surface area contributed by atoms with E-state index >= 15 is 0 Å². The zero-order valence-corrected chi connectivity index (χ0v) is 13.0. The van der Waals surface area contributed by atoms with Crippen LogP contribution in [0.5, 0.6) is 0 Å². The average molecular weight is 300 g/mol. The summed E-state index contributed by atoms with van der Waals surface area (Å²) in [5, 5.41) is 3.03. The second kappa shape index (κ2) is 6.95. The number of hydrogen-bond donors (Lipinski definition) is 1. The van der Waals surface area contributed by atoms with Gasteiger partial charge in [-0.1, -0.05) is 31.0 Å². The fourth-order valence-corrected chi connectivity index (χ4v) is 3.58. The normalized spacial score (nSPS) is 22.3. The van der Waals surface area contributed by atoms with Gasteiger partial charge in [0, 0.05) is 37.5 Å². The number of hydrogen-bond acceptors (Lipinski definition) is 2. The minimum Gasteiger partial charge on any atom is -0.356 e. The first-order chi connectivity index (χ1) is 10.7. The fraction of sp³-hybridized carbons (Fsp3) is 0.556. The van der Waals surface area contributed by atoms with Crippen LogP contribution >= 0.6 is 0 Å². The van der Waals surface area contributed by atoms with E-state index in [9.17, 15) is 9.59 Å². The van der Waals surface area contributed by atoms with Crippen LogP contribution in [0.15, 0.2) is 30.3 Å². The van der Waals surface area contributed by atoms with E-state index in [1.165, 1.54) is 25.7 Å². The summed E-state index contributed by atoms with van der Waals surface area (Å²) in [4.78, 5) is 25.9. The summed E-state index contributed by atoms with van der Waals surface area (Å²) in [5.74, 6) is 1.10. The van der Waals surface area contributed by atoms with Crippen LogP contribution in [-0.4, -0.2) is 24.9 Å². The van der Waals surface area contributed by atoms with Crippen molar-refractivity contribution in [3.8, 4) is 0 Å². The molecule has 1 aliphatic carbocycles. The van der Waals surface area contributed by atoms with Crippen molar-refractivity contribution in [3.05, 3.63) is 30.3 Å². The molecule has 1 aromatic carbocycles.